The van der Waals surface area contributed by atoms with Gasteiger partial charge in [0.1, 0.15) is 36.5 Å². The van der Waals surface area contributed by atoms with Crippen LogP contribution in [0.25, 0.3) is 0 Å². The number of fused-ring (bicyclic) bond motifs is 17. The number of nitrogens with one attached hydrogen (secondary N) is 5. The molecule has 13 heteroatoms. The van der Waals surface area contributed by atoms with Gasteiger partial charge in [-0.15, -0.1) is 0 Å². The number of carbonyl (C=O) groups excluding carboxylic acids is 5. The van der Waals surface area contributed by atoms with Crippen LogP contribution in [0.2, 0.25) is 0 Å². The molecule has 13 nitrogen and oxygen atoms in total. The van der Waals surface area contributed by atoms with E-state index < -0.39 is 65.8 Å². The lowest BCUT2D eigenvalue weighted by molar-refractivity contribution is -0.136. The van der Waals surface area contributed by atoms with Crippen LogP contribution in [0.1, 0.15) is 49.2 Å². The van der Waals surface area contributed by atoms with E-state index in [1.54, 1.807) is 38.1 Å². The van der Waals surface area contributed by atoms with Crippen LogP contribution in [0.3, 0.4) is 0 Å². The first-order chi connectivity index (χ1) is 23.4. The summed E-state index contributed by atoms with van der Waals surface area (Å²) in [4.78, 5) is 70.8. The van der Waals surface area contributed by atoms with E-state index >= 15 is 0 Å². The van der Waals surface area contributed by atoms with Gasteiger partial charge in [-0.2, -0.15) is 0 Å². The first-order valence-electron chi connectivity index (χ1n) is 16.3. The highest BCUT2D eigenvalue weighted by atomic mass is 16.5. The lowest BCUT2D eigenvalue weighted by Gasteiger charge is -2.29. The van der Waals surface area contributed by atoms with Crippen molar-refractivity contribution < 1.29 is 33.8 Å². The fourth-order valence-corrected chi connectivity index (χ4v) is 5.29. The number of benzene rings is 2. The minimum atomic E-state index is -1.44. The molecule has 3 heterocycles. The number of aliphatic hydroxyl groups excluding tert-OH is 1. The average Bonchev–Trinajstić information content (AvgIpc) is 3.08. The highest BCUT2D eigenvalue weighted by molar-refractivity contribution is 5.99. The zero-order valence-corrected chi connectivity index (χ0v) is 28.0. The van der Waals surface area contributed by atoms with Gasteiger partial charge in [0.2, 0.25) is 23.6 Å². The molecular weight excluding hydrogens is 628 g/mol. The maximum atomic E-state index is 13.6. The van der Waals surface area contributed by atoms with Crippen molar-refractivity contribution in [1.29, 1.82) is 0 Å². The molecule has 0 radical (unpaired) electrons. The topological polar surface area (TPSA) is 188 Å². The summed E-state index contributed by atoms with van der Waals surface area (Å²) in [5.74, 6) is -2.96. The Morgan fingerprint density at radius 1 is 0.837 bits per heavy atom. The number of aliphatic hydroxyl groups is 1. The Kier molecular flexibility index (Phi) is 12.8. The number of aromatic nitrogens is 1. The van der Waals surface area contributed by atoms with Gasteiger partial charge in [-0.3, -0.25) is 29.0 Å². The highest BCUT2D eigenvalue weighted by Gasteiger charge is 2.34. The molecule has 1 aromatic heterocycles. The van der Waals surface area contributed by atoms with Crippen LogP contribution in [-0.2, 0) is 32.0 Å². The Morgan fingerprint density at radius 2 is 1.47 bits per heavy atom. The second kappa shape index (κ2) is 17.2. The number of hydrogen-bond donors (Lipinski definition) is 6. The molecule has 0 unspecified atom stereocenters. The largest absolute Gasteiger partial charge is 0.491 e. The number of ether oxygens (including phenoxy) is 1. The lowest BCUT2D eigenvalue weighted by atomic mass is 10.0. The van der Waals surface area contributed by atoms with Gasteiger partial charge in [0.25, 0.3) is 5.91 Å². The van der Waals surface area contributed by atoms with Crippen LogP contribution in [0.15, 0.2) is 79.1 Å². The molecule has 0 aliphatic carbocycles. The molecule has 5 amide bonds. The van der Waals surface area contributed by atoms with Crippen LogP contribution >= 0.6 is 0 Å². The van der Waals surface area contributed by atoms with Crippen molar-refractivity contribution in [3.05, 3.63) is 95.8 Å². The van der Waals surface area contributed by atoms with Crippen molar-refractivity contribution >= 4 is 29.5 Å². The Hall–Kier alpha value is -5.30. The standard InChI is InChI=1S/C36H44N6O7/c1-21(2)30-35(47)39-27(18-24-8-6-5-7-9-24)20-49-28-12-10-25(11-13-28)19-29(40-33(45)26-14-16-37-17-15-26)34(46)38-22(3)32(44)42-31(23(4)43)36(48)41-30/h5-17,21-23,27,29-31,43H,18-20H2,1-4H3,(H,38,46)(H,39,47)(H,40,45)(H,41,48)(H,42,44)/t22-,23-,27+,29+,30-,31+/m1/s1. The summed E-state index contributed by atoms with van der Waals surface area (Å²) < 4.78 is 6.10. The molecule has 2 aliphatic rings. The highest BCUT2D eigenvalue weighted by Crippen LogP contribution is 2.16. The molecule has 0 saturated heterocycles. The Bertz CT molecular complexity index is 1580. The summed E-state index contributed by atoms with van der Waals surface area (Å²) >= 11 is 0. The van der Waals surface area contributed by atoms with Crippen LogP contribution < -0.4 is 31.3 Å². The number of nitrogens with zero attached hydrogens (tertiary/aromatic N) is 1. The number of amides is 5. The normalized spacial score (nSPS) is 23.3. The third kappa shape index (κ3) is 10.6. The average molecular weight is 673 g/mol. The third-order valence-electron chi connectivity index (χ3n) is 8.11. The zero-order chi connectivity index (χ0) is 35.5. The van der Waals surface area contributed by atoms with E-state index in [2.05, 4.69) is 31.6 Å². The summed E-state index contributed by atoms with van der Waals surface area (Å²) in [6.45, 7) is 6.40. The zero-order valence-electron chi connectivity index (χ0n) is 28.0. The predicted octanol–water partition coefficient (Wildman–Crippen LogP) is 1.05. The quantitative estimate of drug-likeness (QED) is 0.210. The van der Waals surface area contributed by atoms with E-state index in [-0.39, 0.29) is 18.9 Å². The van der Waals surface area contributed by atoms with Gasteiger partial charge in [0, 0.05) is 24.4 Å². The lowest BCUT2D eigenvalue weighted by Crippen LogP contribution is -2.61. The van der Waals surface area contributed by atoms with E-state index in [1.807, 2.05) is 30.3 Å². The maximum Gasteiger partial charge on any atom is 0.252 e. The van der Waals surface area contributed by atoms with Crippen molar-refractivity contribution in [2.24, 2.45) is 5.92 Å². The summed E-state index contributed by atoms with van der Waals surface area (Å²) in [6, 6.07) is 14.5. The van der Waals surface area contributed by atoms with E-state index in [1.165, 1.54) is 38.4 Å². The molecular formula is C36H44N6O7. The van der Waals surface area contributed by atoms with Gasteiger partial charge in [0.05, 0.1) is 12.1 Å². The number of carbonyl (C=O) groups is 5. The van der Waals surface area contributed by atoms with Gasteiger partial charge in [0.15, 0.2) is 0 Å². The molecule has 6 atom stereocenters. The molecule has 0 fully saturated rings. The molecule has 6 N–H and O–H groups in total. The fourth-order valence-electron chi connectivity index (χ4n) is 5.29. The van der Waals surface area contributed by atoms with Crippen molar-refractivity contribution in [2.75, 3.05) is 6.61 Å². The monoisotopic (exact) mass is 672 g/mol. The van der Waals surface area contributed by atoms with Crippen molar-refractivity contribution in [3.63, 3.8) is 0 Å². The maximum absolute atomic E-state index is 13.6. The molecule has 2 aromatic carbocycles. The summed E-state index contributed by atoms with van der Waals surface area (Å²) in [6.07, 6.45) is 2.11. The second-order valence-corrected chi connectivity index (χ2v) is 12.5. The van der Waals surface area contributed by atoms with Gasteiger partial charge >= 0.3 is 0 Å². The number of rotatable bonds is 6. The van der Waals surface area contributed by atoms with E-state index in [0.29, 0.717) is 23.3 Å². The van der Waals surface area contributed by atoms with Gasteiger partial charge in [-0.25, -0.2) is 0 Å². The van der Waals surface area contributed by atoms with E-state index in [0.717, 1.165) is 5.56 Å². The minimum absolute atomic E-state index is 0.0826. The molecule has 2 bridgehead atoms. The summed E-state index contributed by atoms with van der Waals surface area (Å²) in [5, 5.41) is 24.0. The minimum Gasteiger partial charge on any atom is -0.491 e. The second-order valence-electron chi connectivity index (χ2n) is 12.5. The molecule has 2 aliphatic heterocycles. The SMILES string of the molecule is CC(C)[C@H]1NC(=O)[C@H]([C@@H](C)O)NC(=O)[C@@H](C)NC(=O)[C@@H](NC(=O)c2ccncc2)Cc2ccc(cc2)OC[C@H](Cc2ccccc2)NC1=O. The van der Waals surface area contributed by atoms with Crippen LogP contribution in [0, 0.1) is 5.92 Å². The Morgan fingerprint density at radius 3 is 2.10 bits per heavy atom. The van der Waals surface area contributed by atoms with Crippen molar-refractivity contribution in [3.8, 4) is 5.75 Å². The number of pyridine rings is 1. The predicted molar refractivity (Wildman–Crippen MR) is 181 cm³/mol. The molecule has 260 valence electrons. The van der Waals surface area contributed by atoms with Crippen LogP contribution in [0.4, 0.5) is 0 Å². The first kappa shape index (κ1) is 36.5. The molecule has 49 heavy (non-hydrogen) atoms. The molecule has 5 rings (SSSR count). The van der Waals surface area contributed by atoms with E-state index in [4.69, 9.17) is 4.74 Å². The van der Waals surface area contributed by atoms with Crippen LogP contribution in [0.5, 0.6) is 5.75 Å². The molecule has 0 spiro atoms. The van der Waals surface area contributed by atoms with Gasteiger partial charge in [-0.05, 0) is 61.6 Å². The summed E-state index contributed by atoms with van der Waals surface area (Å²) in [7, 11) is 0. The Balaban J connectivity index is 1.66. The summed E-state index contributed by atoms with van der Waals surface area (Å²) in [5.41, 5.74) is 1.97. The van der Waals surface area contributed by atoms with Gasteiger partial charge in [-0.1, -0.05) is 56.3 Å². The van der Waals surface area contributed by atoms with Gasteiger partial charge < -0.3 is 36.4 Å². The third-order valence-corrected chi connectivity index (χ3v) is 8.11. The number of hydrogen-bond acceptors (Lipinski definition) is 8. The Labute approximate surface area is 285 Å². The van der Waals surface area contributed by atoms with Crippen molar-refractivity contribution in [2.45, 2.75) is 76.8 Å². The van der Waals surface area contributed by atoms with E-state index in [9.17, 15) is 29.1 Å². The van der Waals surface area contributed by atoms with Crippen LogP contribution in [-0.4, -0.2) is 82.5 Å². The molecule has 3 aromatic rings. The van der Waals surface area contributed by atoms with Crippen molar-refractivity contribution in [1.82, 2.24) is 31.6 Å². The smallest absolute Gasteiger partial charge is 0.252 e. The first-order valence-corrected chi connectivity index (χ1v) is 16.3. The fraction of sp³-hybridized carbons (Fsp3) is 0.389. The molecule has 0 saturated carbocycles.